The largest absolute Gasteiger partial charge is 0.394 e. The van der Waals surface area contributed by atoms with Gasteiger partial charge in [-0.3, -0.25) is 4.79 Å². The highest BCUT2D eigenvalue weighted by Gasteiger charge is 2.51. The molecule has 0 aromatic heterocycles. The lowest BCUT2D eigenvalue weighted by molar-refractivity contribution is -0.359. The van der Waals surface area contributed by atoms with Crippen LogP contribution >= 0.6 is 0 Å². The Bertz CT molecular complexity index is 1950. The van der Waals surface area contributed by atoms with Crippen LogP contribution in [0.2, 0.25) is 0 Å². The second kappa shape index (κ2) is 55.2. The first-order valence-electron chi connectivity index (χ1n) is 33.4. The Balaban J connectivity index is 1.65. The zero-order valence-electron chi connectivity index (χ0n) is 53.0. The Morgan fingerprint density at radius 2 is 0.814 bits per heavy atom. The number of aliphatic hydroxyl groups excluding tert-OH is 8. The highest BCUT2D eigenvalue weighted by Crippen LogP contribution is 2.30. The summed E-state index contributed by atoms with van der Waals surface area (Å²) in [5.74, 6) is -0.262. The first kappa shape index (κ1) is 78.2. The van der Waals surface area contributed by atoms with Crippen molar-refractivity contribution < 1.29 is 64.6 Å². The summed E-state index contributed by atoms with van der Waals surface area (Å²) in [6.07, 6.45) is 65.0. The fourth-order valence-corrected chi connectivity index (χ4v) is 9.99. The summed E-state index contributed by atoms with van der Waals surface area (Å²) < 4.78 is 22.8. The molecule has 0 aromatic rings. The molecule has 0 aromatic carbocycles. The quantitative estimate of drug-likeness (QED) is 0.0204. The maximum Gasteiger partial charge on any atom is 0.220 e. The van der Waals surface area contributed by atoms with Gasteiger partial charge in [-0.15, -0.1) is 0 Å². The topological polar surface area (TPSA) is 228 Å². The molecule has 2 saturated heterocycles. The Morgan fingerprint density at radius 1 is 0.430 bits per heavy atom. The van der Waals surface area contributed by atoms with Gasteiger partial charge in [-0.2, -0.15) is 0 Å². The van der Waals surface area contributed by atoms with E-state index < -0.39 is 86.8 Å². The molecule has 2 fully saturated rings. The molecule has 12 atom stereocenters. The van der Waals surface area contributed by atoms with Gasteiger partial charge in [-0.05, 0) is 109 Å². The summed E-state index contributed by atoms with van der Waals surface area (Å²) in [7, 11) is 0. The second-order valence-electron chi connectivity index (χ2n) is 22.8. The van der Waals surface area contributed by atoms with E-state index in [1.54, 1.807) is 6.08 Å². The van der Waals surface area contributed by atoms with Gasteiger partial charge in [0.25, 0.3) is 0 Å². The van der Waals surface area contributed by atoms with Gasteiger partial charge in [0.1, 0.15) is 48.8 Å². The van der Waals surface area contributed by atoms with Gasteiger partial charge >= 0.3 is 0 Å². The smallest absolute Gasteiger partial charge is 0.220 e. The van der Waals surface area contributed by atoms with E-state index in [1.165, 1.54) is 83.5 Å². The van der Waals surface area contributed by atoms with Crippen molar-refractivity contribution in [3.63, 3.8) is 0 Å². The third kappa shape index (κ3) is 39.2. The highest BCUT2D eigenvalue weighted by atomic mass is 16.7. The lowest BCUT2D eigenvalue weighted by Crippen LogP contribution is -2.65. The number of amides is 1. The molecule has 2 aliphatic heterocycles. The average Bonchev–Trinajstić information content (AvgIpc) is 1.83. The number of aliphatic hydroxyl groups is 8. The molecule has 2 aliphatic rings. The molecule has 12 unspecified atom stereocenters. The van der Waals surface area contributed by atoms with E-state index in [9.17, 15) is 45.6 Å². The normalized spacial score (nSPS) is 24.3. The van der Waals surface area contributed by atoms with Gasteiger partial charge in [-0.1, -0.05) is 237 Å². The van der Waals surface area contributed by atoms with Crippen molar-refractivity contribution in [3.05, 3.63) is 134 Å². The molecule has 0 radical (unpaired) electrons. The maximum atomic E-state index is 13.3. The van der Waals surface area contributed by atoms with Crippen LogP contribution in [0.4, 0.5) is 0 Å². The summed E-state index contributed by atoms with van der Waals surface area (Å²) in [6.45, 7) is 2.63. The van der Waals surface area contributed by atoms with Crippen LogP contribution in [0.3, 0.4) is 0 Å². The molecule has 2 rings (SSSR count). The number of hydrogen-bond donors (Lipinski definition) is 9. The van der Waals surface area contributed by atoms with Gasteiger partial charge in [0.2, 0.25) is 5.91 Å². The minimum atomic E-state index is -1.80. The first-order chi connectivity index (χ1) is 42.1. The van der Waals surface area contributed by atoms with Gasteiger partial charge in [0.05, 0.1) is 32.0 Å². The van der Waals surface area contributed by atoms with E-state index in [2.05, 4.69) is 141 Å². The summed E-state index contributed by atoms with van der Waals surface area (Å²) in [6, 6.07) is -0.947. The first-order valence-corrected chi connectivity index (χ1v) is 33.4. The monoisotopic (exact) mass is 1210 g/mol. The predicted octanol–water partition coefficient (Wildman–Crippen LogP) is 13.1. The van der Waals surface area contributed by atoms with Crippen molar-refractivity contribution in [2.75, 3.05) is 19.8 Å². The van der Waals surface area contributed by atoms with E-state index in [0.717, 1.165) is 103 Å². The van der Waals surface area contributed by atoms with E-state index in [0.29, 0.717) is 12.8 Å². The summed E-state index contributed by atoms with van der Waals surface area (Å²) in [5.41, 5.74) is 0. The Labute approximate surface area is 520 Å². The third-order valence-corrected chi connectivity index (χ3v) is 15.3. The summed E-state index contributed by atoms with van der Waals surface area (Å²) >= 11 is 0. The number of carbonyl (C=O) groups is 1. The Kier molecular flexibility index (Phi) is 50.2. The fourth-order valence-electron chi connectivity index (χ4n) is 9.99. The van der Waals surface area contributed by atoms with Gasteiger partial charge in [-0.25, -0.2) is 0 Å². The zero-order chi connectivity index (χ0) is 62.3. The number of hydrogen-bond acceptors (Lipinski definition) is 13. The second-order valence-corrected chi connectivity index (χ2v) is 22.8. The molecule has 0 aliphatic carbocycles. The average molecular weight is 1210 g/mol. The molecule has 0 saturated carbocycles. The molecule has 86 heavy (non-hydrogen) atoms. The van der Waals surface area contributed by atoms with Crippen molar-refractivity contribution in [2.45, 2.75) is 293 Å². The lowest BCUT2D eigenvalue weighted by atomic mass is 9.97. The van der Waals surface area contributed by atoms with Gasteiger partial charge in [0.15, 0.2) is 12.6 Å². The van der Waals surface area contributed by atoms with E-state index in [-0.39, 0.29) is 18.9 Å². The van der Waals surface area contributed by atoms with Crippen molar-refractivity contribution in [1.82, 2.24) is 5.32 Å². The number of nitrogens with one attached hydrogen (secondary N) is 1. The number of rotatable bonds is 52. The third-order valence-electron chi connectivity index (χ3n) is 15.3. The molecule has 9 N–H and O–H groups in total. The number of allylic oxidation sites excluding steroid dienone is 21. The Hall–Kier alpha value is -3.87. The van der Waals surface area contributed by atoms with Gasteiger partial charge < -0.3 is 65.1 Å². The molecule has 1 amide bonds. The molecule has 0 spiro atoms. The van der Waals surface area contributed by atoms with Crippen molar-refractivity contribution in [3.8, 4) is 0 Å². The molecule has 14 nitrogen and oxygen atoms in total. The molecule has 2 heterocycles. The van der Waals surface area contributed by atoms with Crippen LogP contribution in [0.15, 0.2) is 134 Å². The van der Waals surface area contributed by atoms with Crippen LogP contribution < -0.4 is 5.32 Å². The number of ether oxygens (including phenoxy) is 4. The van der Waals surface area contributed by atoms with Crippen LogP contribution in [-0.2, 0) is 23.7 Å². The summed E-state index contributed by atoms with van der Waals surface area (Å²) in [5, 5.41) is 87.2. The summed E-state index contributed by atoms with van der Waals surface area (Å²) in [4.78, 5) is 13.3. The number of carbonyl (C=O) groups excluding carboxylic acids is 1. The molecular formula is C72H119NO13. The highest BCUT2D eigenvalue weighted by molar-refractivity contribution is 5.76. The van der Waals surface area contributed by atoms with Crippen molar-refractivity contribution >= 4 is 5.91 Å². The lowest BCUT2D eigenvalue weighted by Gasteiger charge is -2.46. The number of unbranched alkanes of at least 4 members (excludes halogenated alkanes) is 19. The van der Waals surface area contributed by atoms with Crippen LogP contribution in [0.5, 0.6) is 0 Å². The van der Waals surface area contributed by atoms with E-state index in [4.69, 9.17) is 18.9 Å². The van der Waals surface area contributed by atoms with Crippen LogP contribution in [0.25, 0.3) is 0 Å². The predicted molar refractivity (Wildman–Crippen MR) is 350 cm³/mol. The molecule has 14 heteroatoms. The molecule has 490 valence electrons. The van der Waals surface area contributed by atoms with E-state index >= 15 is 0 Å². The van der Waals surface area contributed by atoms with Crippen LogP contribution in [-0.4, -0.2) is 140 Å². The minimum Gasteiger partial charge on any atom is -0.394 e. The zero-order valence-corrected chi connectivity index (χ0v) is 53.0. The molecular weight excluding hydrogens is 1090 g/mol. The van der Waals surface area contributed by atoms with Crippen LogP contribution in [0.1, 0.15) is 219 Å². The van der Waals surface area contributed by atoms with Crippen LogP contribution in [0, 0.1) is 0 Å². The van der Waals surface area contributed by atoms with E-state index in [1.807, 2.05) is 6.08 Å². The fraction of sp³-hybridized carbons (Fsp3) is 0.681. The standard InChI is InChI=1S/C72H119NO13/c1-3-5-7-9-11-13-15-17-19-20-21-22-23-24-25-26-27-28-29-30-31-32-33-34-35-36-37-38-39-40-42-44-46-48-50-52-54-56-64(77)73-60(61(76)55-53-51-49-47-45-43-41-18-16-14-12-10-8-6-4-2)59-83-71-69(82)67(80)70(63(58-75)85-71)86-72-68(81)66(79)65(78)62(57-74)84-72/h5,7,11,13,16-19,21-22,24-25,27-28,30-31,33-34,45,47,53,55,60-63,65-72,74-76,78-82H,3-4,6,8-10,12,14-15,20,23,26,29,32,35-44,46,48-52,54,56-59H2,1-2H3,(H,73,77)/b7-5-,13-11-,18-16+,19-17-,22-21-,25-24-,28-27-,31-30-,34-33-,47-45+,55-53+. The SMILES string of the molecule is CC/C=C\C/C=C\C/C=C\C/C=C\C/C=C\C/C=C\C/C=C\C/C=C\CCCCCCCCCCCCCCC(=O)NC(COC1OC(CO)C(OC2OC(CO)C(O)C(O)C2O)C(O)C1O)C(O)/C=C/CC/C=C/CC/C=C/CCCCCCC. The van der Waals surface area contributed by atoms with Crippen molar-refractivity contribution in [2.24, 2.45) is 0 Å². The minimum absolute atomic E-state index is 0.259. The van der Waals surface area contributed by atoms with Crippen molar-refractivity contribution in [1.29, 1.82) is 0 Å². The Morgan fingerprint density at radius 3 is 1.28 bits per heavy atom. The molecule has 0 bridgehead atoms. The van der Waals surface area contributed by atoms with Gasteiger partial charge in [0, 0.05) is 6.42 Å². The maximum absolute atomic E-state index is 13.3.